The van der Waals surface area contributed by atoms with Crippen LogP contribution in [0.25, 0.3) is 33.6 Å². The number of ether oxygens (including phenoxy) is 3. The molecular weight excluding hydrogens is 554 g/mol. The zero-order valence-corrected chi connectivity index (χ0v) is 25.5. The van der Waals surface area contributed by atoms with Crippen molar-refractivity contribution in [3.8, 4) is 40.0 Å². The number of nitrogens with zero attached hydrogens (tertiary/aromatic N) is 3. The molecule has 8 heteroatoms. The number of rotatable bonds is 8. The molecule has 8 nitrogen and oxygen atoms in total. The number of pyridine rings is 1. The number of carbonyl (C=O) groups excluding carboxylic acids is 1. The van der Waals surface area contributed by atoms with Gasteiger partial charge in [0.25, 0.3) is 5.91 Å². The number of hydrogen-bond donors (Lipinski definition) is 0. The van der Waals surface area contributed by atoms with Crippen molar-refractivity contribution in [2.45, 2.75) is 70.4 Å². The molecule has 1 atom stereocenters. The van der Waals surface area contributed by atoms with E-state index in [2.05, 4.69) is 22.9 Å². The highest BCUT2D eigenvalue weighted by molar-refractivity contribution is 5.97. The Bertz CT molecular complexity index is 1670. The van der Waals surface area contributed by atoms with Crippen molar-refractivity contribution in [3.63, 3.8) is 0 Å². The summed E-state index contributed by atoms with van der Waals surface area (Å²) in [4.78, 5) is 20.3. The van der Waals surface area contributed by atoms with E-state index in [9.17, 15) is 10.1 Å². The van der Waals surface area contributed by atoms with Gasteiger partial charge in [0.1, 0.15) is 34.9 Å². The Morgan fingerprint density at radius 2 is 1.89 bits per heavy atom. The van der Waals surface area contributed by atoms with Gasteiger partial charge >= 0.3 is 0 Å². The van der Waals surface area contributed by atoms with E-state index in [0.717, 1.165) is 61.8 Å². The van der Waals surface area contributed by atoms with Crippen LogP contribution in [0.15, 0.2) is 59.1 Å². The van der Waals surface area contributed by atoms with Crippen LogP contribution in [0.5, 0.6) is 11.5 Å². The number of methoxy groups -OCH3 is 1. The molecule has 228 valence electrons. The quantitative estimate of drug-likeness (QED) is 0.206. The number of benzene rings is 2. The molecule has 0 radical (unpaired) electrons. The first-order valence-electron chi connectivity index (χ1n) is 15.8. The topological polar surface area (TPSA) is 97.8 Å². The molecule has 1 amide bonds. The van der Waals surface area contributed by atoms with Crippen LogP contribution in [0.2, 0.25) is 0 Å². The molecule has 4 aromatic rings. The third-order valence-corrected chi connectivity index (χ3v) is 8.76. The average molecular weight is 594 g/mol. The van der Waals surface area contributed by atoms with Gasteiger partial charge < -0.3 is 23.5 Å². The number of fused-ring (bicyclic) bond motifs is 1. The lowest BCUT2D eigenvalue weighted by molar-refractivity contribution is 0.0254. The van der Waals surface area contributed by atoms with Gasteiger partial charge in [-0.1, -0.05) is 32.3 Å². The van der Waals surface area contributed by atoms with Gasteiger partial charge in [-0.05, 0) is 61.2 Å². The van der Waals surface area contributed by atoms with Crippen LogP contribution in [-0.4, -0.2) is 54.8 Å². The predicted octanol–water partition coefficient (Wildman–Crippen LogP) is 7.78. The van der Waals surface area contributed by atoms with Gasteiger partial charge in [0.15, 0.2) is 5.58 Å². The van der Waals surface area contributed by atoms with E-state index < -0.39 is 0 Å². The van der Waals surface area contributed by atoms with Gasteiger partial charge in [0, 0.05) is 48.8 Å². The normalized spacial score (nSPS) is 17.7. The highest BCUT2D eigenvalue weighted by atomic mass is 16.5. The summed E-state index contributed by atoms with van der Waals surface area (Å²) in [6, 6.07) is 17.6. The number of likely N-dealkylation sites (tertiary alicyclic amines) is 1. The number of nitriles is 1. The molecule has 0 N–H and O–H groups in total. The molecule has 0 saturated carbocycles. The summed E-state index contributed by atoms with van der Waals surface area (Å²) >= 11 is 0. The van der Waals surface area contributed by atoms with Crippen molar-refractivity contribution in [1.29, 1.82) is 5.26 Å². The van der Waals surface area contributed by atoms with Gasteiger partial charge in [0.2, 0.25) is 0 Å². The number of carbonyl (C=O) groups is 1. The highest BCUT2D eigenvalue weighted by Crippen LogP contribution is 2.39. The zero-order valence-electron chi connectivity index (χ0n) is 25.5. The fourth-order valence-corrected chi connectivity index (χ4v) is 6.43. The van der Waals surface area contributed by atoms with Crippen molar-refractivity contribution in [2.24, 2.45) is 0 Å². The zero-order chi connectivity index (χ0) is 30.5. The lowest BCUT2D eigenvalue weighted by atomic mass is 10.0. The minimum atomic E-state index is 0.0424. The summed E-state index contributed by atoms with van der Waals surface area (Å²) in [6.07, 6.45) is 9.92. The van der Waals surface area contributed by atoms with Crippen LogP contribution in [0.4, 0.5) is 0 Å². The van der Waals surface area contributed by atoms with Gasteiger partial charge in [-0.25, -0.2) is 0 Å². The fraction of sp³-hybridized carbons (Fsp3) is 0.417. The summed E-state index contributed by atoms with van der Waals surface area (Å²) in [7, 11) is 1.61. The molecule has 2 fully saturated rings. The number of furan rings is 1. The van der Waals surface area contributed by atoms with Crippen LogP contribution < -0.4 is 9.47 Å². The molecule has 2 aliphatic rings. The summed E-state index contributed by atoms with van der Waals surface area (Å²) in [5, 5.41) is 9.91. The van der Waals surface area contributed by atoms with Crippen molar-refractivity contribution in [2.75, 3.05) is 26.9 Å². The lowest BCUT2D eigenvalue weighted by Crippen LogP contribution is -2.40. The molecular formula is C36H39N3O5. The maximum absolute atomic E-state index is 13.7. The Morgan fingerprint density at radius 3 is 2.68 bits per heavy atom. The van der Waals surface area contributed by atoms with Crippen molar-refractivity contribution in [1.82, 2.24) is 9.88 Å². The molecule has 0 spiro atoms. The summed E-state index contributed by atoms with van der Waals surface area (Å²) < 4.78 is 23.8. The standard InChI is InChI=1S/C36H39N3O5/c1-3-7-27-8-5-4-6-17-39(27)36(40)25-9-11-30(33(21-25)41-2)34-22-31-35(44-34)29(13-16-38-31)24-10-12-32(26(20-24)23-37)43-28-14-18-42-19-15-28/h9-13,16,20-22,27-28H,3-8,14-15,17-19H2,1-2H3. The minimum Gasteiger partial charge on any atom is -0.496 e. The smallest absolute Gasteiger partial charge is 0.254 e. The largest absolute Gasteiger partial charge is 0.496 e. The summed E-state index contributed by atoms with van der Waals surface area (Å²) in [5.41, 5.74) is 4.79. The second-order valence-electron chi connectivity index (χ2n) is 11.6. The number of amides is 1. The van der Waals surface area contributed by atoms with Gasteiger partial charge in [-0.15, -0.1) is 0 Å². The van der Waals surface area contributed by atoms with E-state index in [1.54, 1.807) is 13.3 Å². The van der Waals surface area contributed by atoms with Crippen LogP contribution in [0.3, 0.4) is 0 Å². The van der Waals surface area contributed by atoms with Crippen molar-refractivity contribution < 1.29 is 23.4 Å². The third-order valence-electron chi connectivity index (χ3n) is 8.76. The van der Waals surface area contributed by atoms with E-state index in [1.807, 2.05) is 48.5 Å². The monoisotopic (exact) mass is 593 g/mol. The first-order valence-corrected chi connectivity index (χ1v) is 15.8. The number of hydrogen-bond acceptors (Lipinski definition) is 7. The molecule has 1 unspecified atom stereocenters. The SMILES string of the molecule is CCCC1CCCCCN1C(=O)c1ccc(-c2cc3nccc(-c4ccc(OC5CCOCC5)c(C#N)c4)c3o2)c(OC)c1. The molecule has 2 saturated heterocycles. The minimum absolute atomic E-state index is 0.0424. The predicted molar refractivity (Wildman–Crippen MR) is 169 cm³/mol. The second kappa shape index (κ2) is 13.5. The van der Waals surface area contributed by atoms with E-state index in [4.69, 9.17) is 18.6 Å². The van der Waals surface area contributed by atoms with Crippen molar-refractivity contribution >= 4 is 17.0 Å². The molecule has 2 aliphatic heterocycles. The van der Waals surface area contributed by atoms with Crippen LogP contribution >= 0.6 is 0 Å². The fourth-order valence-electron chi connectivity index (χ4n) is 6.43. The Kier molecular flexibility index (Phi) is 9.13. The van der Waals surface area contributed by atoms with Crippen LogP contribution in [0, 0.1) is 11.3 Å². The maximum atomic E-state index is 13.7. The molecule has 0 aliphatic carbocycles. The summed E-state index contributed by atoms with van der Waals surface area (Å²) in [5.74, 6) is 1.80. The van der Waals surface area contributed by atoms with Gasteiger partial charge in [-0.2, -0.15) is 5.26 Å². The molecule has 44 heavy (non-hydrogen) atoms. The van der Waals surface area contributed by atoms with Crippen LogP contribution in [0.1, 0.15) is 74.2 Å². The Hall–Kier alpha value is -4.35. The molecule has 2 aromatic carbocycles. The van der Waals surface area contributed by atoms with Gasteiger partial charge in [-0.3, -0.25) is 9.78 Å². The Morgan fingerprint density at radius 1 is 1.02 bits per heavy atom. The lowest BCUT2D eigenvalue weighted by Gasteiger charge is -2.30. The van der Waals surface area contributed by atoms with E-state index in [-0.39, 0.29) is 18.1 Å². The molecule has 6 rings (SSSR count). The summed E-state index contributed by atoms with van der Waals surface area (Å²) in [6.45, 7) is 4.31. The first kappa shape index (κ1) is 29.7. The number of aromatic nitrogens is 1. The average Bonchev–Trinajstić information content (AvgIpc) is 3.37. The molecule has 4 heterocycles. The first-order chi connectivity index (χ1) is 21.6. The third kappa shape index (κ3) is 6.15. The molecule has 2 aromatic heterocycles. The highest BCUT2D eigenvalue weighted by Gasteiger charge is 2.27. The Balaban J connectivity index is 1.30. The van der Waals surface area contributed by atoms with E-state index in [0.29, 0.717) is 52.7 Å². The van der Waals surface area contributed by atoms with E-state index in [1.165, 1.54) is 12.8 Å². The van der Waals surface area contributed by atoms with Gasteiger partial charge in [0.05, 0.1) is 31.5 Å². The molecule has 0 bridgehead atoms. The van der Waals surface area contributed by atoms with E-state index >= 15 is 0 Å². The van der Waals surface area contributed by atoms with Crippen molar-refractivity contribution in [3.05, 3.63) is 65.9 Å². The van der Waals surface area contributed by atoms with Crippen LogP contribution in [-0.2, 0) is 4.74 Å². The maximum Gasteiger partial charge on any atom is 0.254 e. The Labute approximate surface area is 258 Å². The second-order valence-corrected chi connectivity index (χ2v) is 11.6.